The van der Waals surface area contributed by atoms with Crippen molar-refractivity contribution in [3.8, 4) is 0 Å². The smallest absolute Gasteiger partial charge is 0.292 e. The van der Waals surface area contributed by atoms with Crippen molar-refractivity contribution in [2.24, 2.45) is 22.4 Å². The second-order valence-corrected chi connectivity index (χ2v) is 4.40. The standard InChI is InChI=1S/C9H20N4O4/c1-8(2)5-12(14)10-16-7-17-11-13(15)6-9(3)4/h8-9H,5-7H2,1-4H3/b12-10-,13-11-. The van der Waals surface area contributed by atoms with E-state index in [1.807, 2.05) is 27.7 Å². The van der Waals surface area contributed by atoms with E-state index in [1.54, 1.807) is 0 Å². The summed E-state index contributed by atoms with van der Waals surface area (Å²) in [5.41, 5.74) is 0. The third-order valence-electron chi connectivity index (χ3n) is 1.45. The van der Waals surface area contributed by atoms with Gasteiger partial charge in [0.15, 0.2) is 13.1 Å². The zero-order valence-electron chi connectivity index (χ0n) is 10.7. The molecule has 0 amide bonds. The van der Waals surface area contributed by atoms with Gasteiger partial charge in [-0.15, -0.1) is 0 Å². The van der Waals surface area contributed by atoms with Gasteiger partial charge in [-0.1, -0.05) is 37.4 Å². The van der Waals surface area contributed by atoms with Crippen LogP contribution in [0.15, 0.2) is 10.6 Å². The highest BCUT2D eigenvalue weighted by Gasteiger charge is 2.03. The molecule has 0 saturated carbocycles. The summed E-state index contributed by atoms with van der Waals surface area (Å²) in [6, 6.07) is 0. The van der Waals surface area contributed by atoms with Crippen molar-refractivity contribution in [1.82, 2.24) is 0 Å². The minimum absolute atomic E-state index is 0.189. The van der Waals surface area contributed by atoms with E-state index in [1.165, 1.54) is 0 Å². The van der Waals surface area contributed by atoms with E-state index in [0.717, 1.165) is 0 Å². The maximum absolute atomic E-state index is 11.0. The normalized spacial score (nSPS) is 13.3. The summed E-state index contributed by atoms with van der Waals surface area (Å²) in [6.07, 6.45) is 0. The van der Waals surface area contributed by atoms with Gasteiger partial charge in [0.1, 0.15) is 0 Å². The van der Waals surface area contributed by atoms with Crippen molar-refractivity contribution in [2.75, 3.05) is 19.9 Å². The molecule has 0 heterocycles. The van der Waals surface area contributed by atoms with Crippen LogP contribution in [0.1, 0.15) is 27.7 Å². The molecule has 17 heavy (non-hydrogen) atoms. The van der Waals surface area contributed by atoms with Gasteiger partial charge in [-0.05, 0) is 0 Å². The van der Waals surface area contributed by atoms with Gasteiger partial charge in [-0.25, -0.2) is 0 Å². The van der Waals surface area contributed by atoms with Crippen molar-refractivity contribution < 1.29 is 19.4 Å². The van der Waals surface area contributed by atoms with Crippen LogP contribution in [0.2, 0.25) is 0 Å². The Morgan fingerprint density at radius 2 is 1.24 bits per heavy atom. The molecule has 0 fully saturated rings. The summed E-state index contributed by atoms with van der Waals surface area (Å²) in [5.74, 6) is 0.377. The SMILES string of the molecule is CC(C)C/[N+]([O-])=N/OCO/N=[N+](\[O-])CC(C)C. The van der Waals surface area contributed by atoms with Crippen LogP contribution >= 0.6 is 0 Å². The third kappa shape index (κ3) is 10.7. The van der Waals surface area contributed by atoms with Crippen LogP contribution in [0.25, 0.3) is 0 Å². The fraction of sp³-hybridized carbons (Fsp3) is 1.00. The average Bonchev–Trinajstić information content (AvgIpc) is 2.14. The molecule has 0 aliphatic carbocycles. The van der Waals surface area contributed by atoms with Crippen molar-refractivity contribution in [3.05, 3.63) is 10.4 Å². The lowest BCUT2D eigenvalue weighted by molar-refractivity contribution is -0.578. The van der Waals surface area contributed by atoms with Crippen molar-refractivity contribution in [3.63, 3.8) is 0 Å². The molecule has 0 aliphatic rings. The average molecular weight is 248 g/mol. The topological polar surface area (TPSA) is 95.3 Å². The molecule has 100 valence electrons. The first-order valence-corrected chi connectivity index (χ1v) is 5.47. The van der Waals surface area contributed by atoms with Gasteiger partial charge in [-0.2, -0.15) is 0 Å². The van der Waals surface area contributed by atoms with E-state index >= 15 is 0 Å². The van der Waals surface area contributed by atoms with Crippen LogP contribution in [0.4, 0.5) is 0 Å². The fourth-order valence-electron chi connectivity index (χ4n) is 0.891. The van der Waals surface area contributed by atoms with Gasteiger partial charge in [0.25, 0.3) is 6.79 Å². The molecule has 0 atom stereocenters. The zero-order chi connectivity index (χ0) is 13.3. The predicted molar refractivity (Wildman–Crippen MR) is 58.6 cm³/mol. The number of nitrogens with zero attached hydrogens (tertiary/aromatic N) is 4. The fourth-order valence-corrected chi connectivity index (χ4v) is 0.891. The van der Waals surface area contributed by atoms with Gasteiger partial charge < -0.3 is 20.1 Å². The largest absolute Gasteiger partial charge is 0.597 e. The van der Waals surface area contributed by atoms with Gasteiger partial charge in [-0.3, -0.25) is 0 Å². The predicted octanol–water partition coefficient (Wildman–Crippen LogP) is 2.04. The summed E-state index contributed by atoms with van der Waals surface area (Å²) in [5, 5.41) is 28.3. The quantitative estimate of drug-likeness (QED) is 0.216. The highest BCUT2D eigenvalue weighted by atomic mass is 16.8. The number of rotatable bonds is 8. The second kappa shape index (κ2) is 8.54. The first-order chi connectivity index (χ1) is 7.91. The van der Waals surface area contributed by atoms with Crippen LogP contribution in [0.5, 0.6) is 0 Å². The molecule has 0 aromatic heterocycles. The number of hydrogen-bond acceptors (Lipinski definition) is 6. The van der Waals surface area contributed by atoms with Crippen molar-refractivity contribution in [2.45, 2.75) is 27.7 Å². The molecule has 0 aromatic carbocycles. The maximum atomic E-state index is 11.0. The third-order valence-corrected chi connectivity index (χ3v) is 1.45. The zero-order valence-corrected chi connectivity index (χ0v) is 10.7. The van der Waals surface area contributed by atoms with Crippen LogP contribution in [-0.2, 0) is 9.68 Å². The number of hydroxylamine groups is 2. The Hall–Kier alpha value is -1.60. The van der Waals surface area contributed by atoms with Crippen LogP contribution in [-0.4, -0.2) is 29.6 Å². The lowest BCUT2D eigenvalue weighted by Gasteiger charge is -2.03. The summed E-state index contributed by atoms with van der Waals surface area (Å²) in [7, 11) is 0. The highest BCUT2D eigenvalue weighted by Crippen LogP contribution is 1.94. The van der Waals surface area contributed by atoms with E-state index in [9.17, 15) is 10.4 Å². The maximum Gasteiger partial charge on any atom is 0.292 e. The Morgan fingerprint density at radius 3 is 1.53 bits per heavy atom. The van der Waals surface area contributed by atoms with Gasteiger partial charge in [0, 0.05) is 11.8 Å². The first-order valence-electron chi connectivity index (χ1n) is 5.47. The first kappa shape index (κ1) is 15.4. The Morgan fingerprint density at radius 1 is 0.882 bits per heavy atom. The van der Waals surface area contributed by atoms with E-state index in [0.29, 0.717) is 9.72 Å². The Bertz CT molecular complexity index is 240. The summed E-state index contributed by atoms with van der Waals surface area (Å²) < 4.78 is 0. The molecule has 0 bridgehead atoms. The van der Waals surface area contributed by atoms with Crippen molar-refractivity contribution in [1.29, 1.82) is 0 Å². The van der Waals surface area contributed by atoms with E-state index in [-0.39, 0.29) is 31.7 Å². The number of hydrogen-bond donors (Lipinski definition) is 0. The molecule has 8 heteroatoms. The minimum Gasteiger partial charge on any atom is -0.597 e. The Labute approximate surface area is 101 Å². The van der Waals surface area contributed by atoms with E-state index < -0.39 is 0 Å². The van der Waals surface area contributed by atoms with E-state index in [2.05, 4.69) is 20.2 Å². The molecular weight excluding hydrogens is 228 g/mol. The lowest BCUT2D eigenvalue weighted by atomic mass is 10.2. The van der Waals surface area contributed by atoms with Crippen LogP contribution in [0.3, 0.4) is 0 Å². The Balaban J connectivity index is 3.70. The van der Waals surface area contributed by atoms with Gasteiger partial charge in [0.05, 0.1) is 0 Å². The Kier molecular flexibility index (Phi) is 7.74. The molecule has 0 aliphatic heterocycles. The molecule has 8 nitrogen and oxygen atoms in total. The van der Waals surface area contributed by atoms with Gasteiger partial charge >= 0.3 is 0 Å². The summed E-state index contributed by atoms with van der Waals surface area (Å²) in [6.45, 7) is 7.63. The van der Waals surface area contributed by atoms with E-state index in [4.69, 9.17) is 0 Å². The molecular formula is C9H20N4O4. The molecule has 0 radical (unpaired) electrons. The lowest BCUT2D eigenvalue weighted by Crippen LogP contribution is -2.11. The van der Waals surface area contributed by atoms with Gasteiger partial charge in [0.2, 0.25) is 10.6 Å². The van der Waals surface area contributed by atoms with Crippen LogP contribution < -0.4 is 0 Å². The summed E-state index contributed by atoms with van der Waals surface area (Å²) in [4.78, 5) is 9.84. The molecule has 0 rings (SSSR count). The molecule has 0 N–H and O–H groups in total. The van der Waals surface area contributed by atoms with Crippen LogP contribution in [0, 0.1) is 22.3 Å². The molecule has 0 spiro atoms. The molecule has 0 unspecified atom stereocenters. The highest BCUT2D eigenvalue weighted by molar-refractivity contribution is 4.35. The minimum atomic E-state index is -0.367. The summed E-state index contributed by atoms with van der Waals surface area (Å²) >= 11 is 0. The monoisotopic (exact) mass is 248 g/mol. The van der Waals surface area contributed by atoms with Crippen molar-refractivity contribution >= 4 is 0 Å². The molecule has 0 aromatic rings. The molecule has 0 saturated heterocycles. The second-order valence-electron chi connectivity index (χ2n) is 4.40.